The maximum atomic E-state index is 12.6. The molecule has 200 valence electrons. The fourth-order valence-corrected chi connectivity index (χ4v) is 7.04. The molecule has 1 amide bonds. The van der Waals surface area contributed by atoms with E-state index in [1.165, 1.54) is 32.3 Å². The lowest BCUT2D eigenvalue weighted by atomic mass is 9.58. The third-order valence-corrected chi connectivity index (χ3v) is 9.76. The molecule has 3 aliphatic rings. The molecule has 37 heavy (non-hydrogen) atoms. The van der Waals surface area contributed by atoms with Crippen molar-refractivity contribution in [3.05, 3.63) is 64.2 Å². The third-order valence-electron chi connectivity index (χ3n) is 7.89. The molecule has 1 atom stereocenters. The number of hydrogen-bond acceptors (Lipinski definition) is 5. The zero-order chi connectivity index (χ0) is 26.0. The molecule has 2 aromatic carbocycles. The van der Waals surface area contributed by atoms with Crippen LogP contribution in [0.5, 0.6) is 5.75 Å². The van der Waals surface area contributed by atoms with E-state index in [0.717, 1.165) is 30.8 Å². The minimum atomic E-state index is -3.69. The largest absolute Gasteiger partial charge is 0.492 e. The van der Waals surface area contributed by atoms with E-state index in [9.17, 15) is 13.2 Å². The monoisotopic (exact) mass is 548 g/mol. The maximum absolute atomic E-state index is 12.6. The van der Waals surface area contributed by atoms with Crippen molar-refractivity contribution in [2.45, 2.75) is 37.1 Å². The van der Waals surface area contributed by atoms with E-state index in [1.807, 2.05) is 18.2 Å². The third kappa shape index (κ3) is 5.44. The molecule has 0 radical (unpaired) electrons. The highest BCUT2D eigenvalue weighted by atomic mass is 35.5. The van der Waals surface area contributed by atoms with Crippen molar-refractivity contribution in [2.75, 3.05) is 45.9 Å². The van der Waals surface area contributed by atoms with Gasteiger partial charge in [-0.1, -0.05) is 36.2 Å². The number of fused-ring (bicyclic) bond motifs is 1. The fourth-order valence-electron chi connectivity index (χ4n) is 5.75. The van der Waals surface area contributed by atoms with Crippen LogP contribution in [0.2, 0.25) is 5.02 Å². The topological polar surface area (TPSA) is 111 Å². The van der Waals surface area contributed by atoms with E-state index in [4.69, 9.17) is 21.4 Å². The Morgan fingerprint density at radius 2 is 1.86 bits per heavy atom. The van der Waals surface area contributed by atoms with Gasteiger partial charge in [-0.05, 0) is 66.8 Å². The van der Waals surface area contributed by atoms with Crippen molar-refractivity contribution >= 4 is 27.9 Å². The van der Waals surface area contributed by atoms with Gasteiger partial charge in [0.05, 0.1) is 0 Å². The van der Waals surface area contributed by atoms with Gasteiger partial charge in [0.15, 0.2) is 0 Å². The Hall–Kier alpha value is -2.37. The lowest BCUT2D eigenvalue weighted by Gasteiger charge is -2.50. The summed E-state index contributed by atoms with van der Waals surface area (Å²) < 4.78 is 35.0. The maximum Gasteiger partial charge on any atom is 0.407 e. The number of carboxylic acid groups (broad SMARTS) is 1. The average Bonchev–Trinajstić information content (AvgIpc) is 2.87. The summed E-state index contributed by atoms with van der Waals surface area (Å²) in [7, 11) is -3.69. The summed E-state index contributed by atoms with van der Waals surface area (Å²) >= 11 is 6.16. The van der Waals surface area contributed by atoms with Crippen LogP contribution in [0.15, 0.2) is 42.5 Å². The lowest BCUT2D eigenvalue weighted by Crippen LogP contribution is -2.53. The van der Waals surface area contributed by atoms with Gasteiger partial charge in [-0.25, -0.2) is 4.79 Å². The first-order chi connectivity index (χ1) is 17.8. The van der Waals surface area contributed by atoms with Crippen LogP contribution in [-0.4, -0.2) is 74.7 Å². The van der Waals surface area contributed by atoms with Crippen molar-refractivity contribution in [1.29, 1.82) is 0 Å². The highest BCUT2D eigenvalue weighted by Gasteiger charge is 2.47. The number of halogens is 1. The summed E-state index contributed by atoms with van der Waals surface area (Å²) in [6.07, 6.45) is 3.34. The van der Waals surface area contributed by atoms with Crippen molar-refractivity contribution < 1.29 is 23.1 Å². The fraction of sp³-hybridized carbons (Fsp3) is 0.500. The zero-order valence-corrected chi connectivity index (χ0v) is 22.2. The number of nitrogens with zero attached hydrogens (tertiary/aromatic N) is 2. The van der Waals surface area contributed by atoms with Crippen LogP contribution in [0.4, 0.5) is 4.79 Å². The van der Waals surface area contributed by atoms with Gasteiger partial charge in [0.2, 0.25) is 0 Å². The van der Waals surface area contributed by atoms with E-state index in [2.05, 4.69) is 34.3 Å². The molecular weight excluding hydrogens is 516 g/mol. The predicted octanol–water partition coefficient (Wildman–Crippen LogP) is 3.16. The predicted molar refractivity (Wildman–Crippen MR) is 141 cm³/mol. The number of ether oxygens (including phenoxy) is 1. The Morgan fingerprint density at radius 1 is 1.14 bits per heavy atom. The molecular formula is C26H33ClN4O5S. The van der Waals surface area contributed by atoms with Crippen molar-refractivity contribution in [1.82, 2.24) is 19.2 Å². The van der Waals surface area contributed by atoms with Gasteiger partial charge in [-0.3, -0.25) is 0 Å². The summed E-state index contributed by atoms with van der Waals surface area (Å²) in [6.45, 7) is 1.83. The van der Waals surface area contributed by atoms with Crippen LogP contribution in [0.1, 0.15) is 42.0 Å². The first kappa shape index (κ1) is 26.2. The SMILES string of the molecule is O=C(O)N1CCN(S(=O)(=O)NCCOc2ccc3c(c2)C(C2(c4ccc(Cl)cc4)CCC2)NCC3)CC1. The molecule has 3 N–H and O–H groups in total. The van der Waals surface area contributed by atoms with Crippen molar-refractivity contribution in [2.24, 2.45) is 0 Å². The number of amides is 1. The molecule has 2 fully saturated rings. The van der Waals surface area contributed by atoms with Gasteiger partial charge in [0, 0.05) is 49.2 Å². The Kier molecular flexibility index (Phi) is 7.65. The zero-order valence-electron chi connectivity index (χ0n) is 20.7. The van der Waals surface area contributed by atoms with E-state index in [0.29, 0.717) is 5.75 Å². The number of piperazine rings is 1. The van der Waals surface area contributed by atoms with Crippen LogP contribution in [0, 0.1) is 0 Å². The molecule has 1 unspecified atom stereocenters. The average molecular weight is 549 g/mol. The highest BCUT2D eigenvalue weighted by Crippen LogP contribution is 2.53. The molecule has 2 aromatic rings. The molecule has 0 bridgehead atoms. The van der Waals surface area contributed by atoms with E-state index in [1.54, 1.807) is 0 Å². The van der Waals surface area contributed by atoms with Gasteiger partial charge < -0.3 is 20.1 Å². The number of nitrogens with one attached hydrogen (secondary N) is 2. The second-order valence-electron chi connectivity index (χ2n) is 9.93. The highest BCUT2D eigenvalue weighted by molar-refractivity contribution is 7.87. The van der Waals surface area contributed by atoms with Crippen LogP contribution < -0.4 is 14.8 Å². The normalized spacial score (nSPS) is 21.6. The van der Waals surface area contributed by atoms with Crippen molar-refractivity contribution in [3.8, 4) is 5.75 Å². The molecule has 1 saturated carbocycles. The molecule has 2 heterocycles. The molecule has 2 aliphatic heterocycles. The Balaban J connectivity index is 1.22. The minimum absolute atomic E-state index is 0.0265. The van der Waals surface area contributed by atoms with E-state index < -0.39 is 16.3 Å². The van der Waals surface area contributed by atoms with Gasteiger partial charge >= 0.3 is 6.09 Å². The number of carbonyl (C=O) groups is 1. The molecule has 0 aromatic heterocycles. The minimum Gasteiger partial charge on any atom is -0.492 e. The molecule has 9 nitrogen and oxygen atoms in total. The van der Waals surface area contributed by atoms with E-state index >= 15 is 0 Å². The standard InChI is InChI=1S/C26H33ClN4O5S/c27-21-5-3-20(4-6-21)26(9-1-10-26)24-23-18-22(7-2-19(23)8-11-28-24)36-17-12-29-37(34,35)31-15-13-30(14-16-31)25(32)33/h2-7,18,24,28-29H,1,8-17H2,(H,32,33). The van der Waals surface area contributed by atoms with Crippen LogP contribution in [-0.2, 0) is 22.0 Å². The number of hydrogen-bond donors (Lipinski definition) is 3. The Morgan fingerprint density at radius 3 is 2.51 bits per heavy atom. The van der Waals surface area contributed by atoms with Crippen molar-refractivity contribution in [3.63, 3.8) is 0 Å². The Labute approximate surface area is 222 Å². The number of benzene rings is 2. The summed E-state index contributed by atoms with van der Waals surface area (Å²) in [4.78, 5) is 12.3. The van der Waals surface area contributed by atoms with Gasteiger partial charge in [-0.15, -0.1) is 0 Å². The van der Waals surface area contributed by atoms with Gasteiger partial charge in [-0.2, -0.15) is 17.4 Å². The van der Waals surface area contributed by atoms with E-state index in [-0.39, 0.29) is 50.8 Å². The molecule has 0 spiro atoms. The summed E-state index contributed by atoms with van der Waals surface area (Å²) in [5.74, 6) is 0.715. The van der Waals surface area contributed by atoms with Crippen LogP contribution in [0.3, 0.4) is 0 Å². The van der Waals surface area contributed by atoms with Crippen LogP contribution >= 0.6 is 11.6 Å². The summed E-state index contributed by atoms with van der Waals surface area (Å²) in [5, 5.41) is 13.6. The lowest BCUT2D eigenvalue weighted by molar-refractivity contribution is 0.126. The summed E-state index contributed by atoms with van der Waals surface area (Å²) in [5.41, 5.74) is 3.89. The first-order valence-corrected chi connectivity index (χ1v) is 14.6. The molecule has 5 rings (SSSR count). The van der Waals surface area contributed by atoms with Crippen LogP contribution in [0.25, 0.3) is 0 Å². The first-order valence-electron chi connectivity index (χ1n) is 12.8. The van der Waals surface area contributed by atoms with Gasteiger partial charge in [0.25, 0.3) is 10.2 Å². The molecule has 1 saturated heterocycles. The molecule has 11 heteroatoms. The quantitative estimate of drug-likeness (QED) is 0.437. The molecule has 1 aliphatic carbocycles. The summed E-state index contributed by atoms with van der Waals surface area (Å²) in [6, 6.07) is 14.6. The second-order valence-corrected chi connectivity index (χ2v) is 12.1. The van der Waals surface area contributed by atoms with Gasteiger partial charge in [0.1, 0.15) is 12.4 Å². The smallest absolute Gasteiger partial charge is 0.407 e. The second kappa shape index (κ2) is 10.8. The Bertz CT molecular complexity index is 1230. The number of rotatable bonds is 8.